The van der Waals surface area contributed by atoms with E-state index in [9.17, 15) is 8.42 Å². The first-order chi connectivity index (χ1) is 9.40. The SMILES string of the molecule is CN1CCCCC1CNS(=O)(=O)c1ccc(Br)cc1Br. The Balaban J connectivity index is 2.07. The minimum atomic E-state index is -3.47. The average Bonchev–Trinajstić information content (AvgIpc) is 2.37. The predicted octanol–water partition coefficient (Wildman–Crippen LogP) is 2.97. The zero-order valence-corrected chi connectivity index (χ0v) is 15.3. The standard InChI is InChI=1S/C13H18Br2N2O2S/c1-17-7-3-2-4-11(17)9-16-20(18,19)13-6-5-10(14)8-12(13)15/h5-6,8,11,16H,2-4,7,9H2,1H3. The van der Waals surface area contributed by atoms with Crippen LogP contribution in [0.5, 0.6) is 0 Å². The van der Waals surface area contributed by atoms with E-state index in [1.165, 1.54) is 12.8 Å². The van der Waals surface area contributed by atoms with Crippen molar-refractivity contribution in [3.05, 3.63) is 27.1 Å². The van der Waals surface area contributed by atoms with E-state index < -0.39 is 10.0 Å². The molecule has 0 aliphatic carbocycles. The molecule has 2 rings (SSSR count). The summed E-state index contributed by atoms with van der Waals surface area (Å²) in [4.78, 5) is 2.50. The minimum absolute atomic E-state index is 0.277. The Morgan fingerprint density at radius 1 is 1.35 bits per heavy atom. The van der Waals surface area contributed by atoms with Crippen LogP contribution in [0.3, 0.4) is 0 Å². The van der Waals surface area contributed by atoms with E-state index in [-0.39, 0.29) is 10.9 Å². The molecular weight excluding hydrogens is 408 g/mol. The van der Waals surface area contributed by atoms with Gasteiger partial charge in [0, 0.05) is 21.5 Å². The normalized spacial score (nSPS) is 21.1. The van der Waals surface area contributed by atoms with Gasteiger partial charge in [0.1, 0.15) is 0 Å². The highest BCUT2D eigenvalue weighted by Crippen LogP contribution is 2.25. The molecule has 1 heterocycles. The van der Waals surface area contributed by atoms with E-state index in [1.54, 1.807) is 18.2 Å². The first kappa shape index (κ1) is 16.4. The summed E-state index contributed by atoms with van der Waals surface area (Å²) in [6.45, 7) is 1.50. The Hall–Kier alpha value is 0.0500. The second kappa shape index (κ2) is 6.87. The van der Waals surface area contributed by atoms with Crippen LogP contribution < -0.4 is 4.72 Å². The molecule has 0 radical (unpaired) electrons. The van der Waals surface area contributed by atoms with Crippen molar-refractivity contribution in [2.75, 3.05) is 20.1 Å². The van der Waals surface area contributed by atoms with Gasteiger partial charge in [0.2, 0.25) is 10.0 Å². The lowest BCUT2D eigenvalue weighted by molar-refractivity contribution is 0.187. The number of rotatable bonds is 4. The summed E-state index contributed by atoms with van der Waals surface area (Å²) in [7, 11) is -1.43. The summed E-state index contributed by atoms with van der Waals surface area (Å²) in [5.41, 5.74) is 0. The molecule has 0 saturated carbocycles. The van der Waals surface area contributed by atoms with Gasteiger partial charge in [-0.05, 0) is 60.6 Å². The van der Waals surface area contributed by atoms with Crippen molar-refractivity contribution in [3.8, 4) is 0 Å². The van der Waals surface area contributed by atoms with E-state index >= 15 is 0 Å². The first-order valence-electron chi connectivity index (χ1n) is 6.55. The first-order valence-corrected chi connectivity index (χ1v) is 9.62. The number of nitrogens with zero attached hydrogens (tertiary/aromatic N) is 1. The van der Waals surface area contributed by atoms with Crippen molar-refractivity contribution in [3.63, 3.8) is 0 Å². The van der Waals surface area contributed by atoms with Gasteiger partial charge >= 0.3 is 0 Å². The fourth-order valence-corrected chi connectivity index (χ4v) is 5.20. The molecular formula is C13H18Br2N2O2S. The molecule has 4 nitrogen and oxygen atoms in total. The molecule has 1 aromatic rings. The smallest absolute Gasteiger partial charge is 0.241 e. The topological polar surface area (TPSA) is 49.4 Å². The summed E-state index contributed by atoms with van der Waals surface area (Å²) in [5, 5.41) is 0. The quantitative estimate of drug-likeness (QED) is 0.806. The van der Waals surface area contributed by atoms with Crippen LogP contribution in [-0.4, -0.2) is 39.5 Å². The molecule has 20 heavy (non-hydrogen) atoms. The van der Waals surface area contributed by atoms with Crippen molar-refractivity contribution < 1.29 is 8.42 Å². The van der Waals surface area contributed by atoms with Crippen LogP contribution in [0.15, 0.2) is 32.0 Å². The maximum Gasteiger partial charge on any atom is 0.241 e. The molecule has 7 heteroatoms. The van der Waals surface area contributed by atoms with Crippen LogP contribution in [0.1, 0.15) is 19.3 Å². The summed E-state index contributed by atoms with van der Waals surface area (Å²) in [5.74, 6) is 0. The number of nitrogens with one attached hydrogen (secondary N) is 1. The van der Waals surface area contributed by atoms with Gasteiger partial charge in [-0.1, -0.05) is 22.4 Å². The second-order valence-electron chi connectivity index (χ2n) is 5.06. The van der Waals surface area contributed by atoms with Crippen molar-refractivity contribution in [2.45, 2.75) is 30.2 Å². The lowest BCUT2D eigenvalue weighted by atomic mass is 10.0. The third kappa shape index (κ3) is 4.04. The van der Waals surface area contributed by atoms with Gasteiger partial charge in [-0.25, -0.2) is 13.1 Å². The maximum absolute atomic E-state index is 12.3. The van der Waals surface area contributed by atoms with Gasteiger partial charge in [0.05, 0.1) is 4.90 Å². The zero-order chi connectivity index (χ0) is 14.8. The monoisotopic (exact) mass is 424 g/mol. The Bertz CT molecular complexity index is 578. The van der Waals surface area contributed by atoms with Crippen molar-refractivity contribution >= 4 is 41.9 Å². The molecule has 112 valence electrons. The fourth-order valence-electron chi connectivity index (χ4n) is 2.38. The summed E-state index contributed by atoms with van der Waals surface area (Å²) < 4.78 is 28.8. The predicted molar refractivity (Wildman–Crippen MR) is 87.3 cm³/mol. The fraction of sp³-hybridized carbons (Fsp3) is 0.538. The molecule has 1 fully saturated rings. The third-order valence-electron chi connectivity index (χ3n) is 3.61. The Morgan fingerprint density at radius 3 is 2.75 bits per heavy atom. The Labute approximate surface area is 137 Å². The number of likely N-dealkylation sites (N-methyl/N-ethyl adjacent to an activating group) is 1. The Morgan fingerprint density at radius 2 is 2.10 bits per heavy atom. The second-order valence-corrected chi connectivity index (χ2v) is 8.56. The molecule has 1 N–H and O–H groups in total. The van der Waals surface area contributed by atoms with E-state index in [0.29, 0.717) is 11.0 Å². The highest BCUT2D eigenvalue weighted by molar-refractivity contribution is 9.11. The van der Waals surface area contributed by atoms with Crippen LogP contribution >= 0.6 is 31.9 Å². The number of hydrogen-bond donors (Lipinski definition) is 1. The van der Waals surface area contributed by atoms with Crippen molar-refractivity contribution in [2.24, 2.45) is 0 Å². The van der Waals surface area contributed by atoms with Crippen LogP contribution in [0.25, 0.3) is 0 Å². The molecule has 1 saturated heterocycles. The van der Waals surface area contributed by atoms with Crippen LogP contribution in [-0.2, 0) is 10.0 Å². The summed E-state index contributed by atoms with van der Waals surface area (Å²) >= 11 is 6.62. The number of hydrogen-bond acceptors (Lipinski definition) is 3. The summed E-state index contributed by atoms with van der Waals surface area (Å²) in [6.07, 6.45) is 3.40. The molecule has 1 aliphatic rings. The highest BCUT2D eigenvalue weighted by Gasteiger charge is 2.23. The summed E-state index contributed by atoms with van der Waals surface area (Å²) in [6, 6.07) is 5.35. The van der Waals surface area contributed by atoms with E-state index in [1.807, 2.05) is 7.05 Å². The number of halogens is 2. The van der Waals surface area contributed by atoms with Gasteiger partial charge in [-0.3, -0.25) is 0 Å². The molecule has 1 aliphatic heterocycles. The Kier molecular flexibility index (Phi) is 5.64. The van der Waals surface area contributed by atoms with Gasteiger partial charge < -0.3 is 4.90 Å². The third-order valence-corrected chi connectivity index (χ3v) is 6.51. The van der Waals surface area contributed by atoms with Gasteiger partial charge in [-0.2, -0.15) is 0 Å². The van der Waals surface area contributed by atoms with E-state index in [4.69, 9.17) is 0 Å². The molecule has 0 aromatic heterocycles. The molecule has 0 bridgehead atoms. The molecule has 1 aromatic carbocycles. The highest BCUT2D eigenvalue weighted by atomic mass is 79.9. The lowest BCUT2D eigenvalue weighted by Gasteiger charge is -2.32. The number of likely N-dealkylation sites (tertiary alicyclic amines) is 1. The minimum Gasteiger partial charge on any atom is -0.302 e. The van der Waals surface area contributed by atoms with E-state index in [0.717, 1.165) is 17.4 Å². The van der Waals surface area contributed by atoms with Gasteiger partial charge in [0.25, 0.3) is 0 Å². The van der Waals surface area contributed by atoms with E-state index in [2.05, 4.69) is 41.5 Å². The lowest BCUT2D eigenvalue weighted by Crippen LogP contribution is -2.44. The van der Waals surface area contributed by atoms with Crippen LogP contribution in [0.4, 0.5) is 0 Å². The molecule has 0 spiro atoms. The van der Waals surface area contributed by atoms with Crippen LogP contribution in [0.2, 0.25) is 0 Å². The molecule has 1 unspecified atom stereocenters. The number of piperidine rings is 1. The van der Waals surface area contributed by atoms with Gasteiger partial charge in [0.15, 0.2) is 0 Å². The largest absolute Gasteiger partial charge is 0.302 e. The van der Waals surface area contributed by atoms with Gasteiger partial charge in [-0.15, -0.1) is 0 Å². The van der Waals surface area contributed by atoms with Crippen LogP contribution in [0, 0.1) is 0 Å². The van der Waals surface area contributed by atoms with Crippen molar-refractivity contribution in [1.29, 1.82) is 0 Å². The number of sulfonamides is 1. The zero-order valence-electron chi connectivity index (χ0n) is 11.3. The molecule has 1 atom stereocenters. The average molecular weight is 426 g/mol. The number of benzene rings is 1. The maximum atomic E-state index is 12.3. The molecule has 0 amide bonds. The van der Waals surface area contributed by atoms with Crippen molar-refractivity contribution in [1.82, 2.24) is 9.62 Å².